The zero-order valence-electron chi connectivity index (χ0n) is 19.3. The molecule has 2 N–H and O–H groups in total. The van der Waals surface area contributed by atoms with E-state index in [1.807, 2.05) is 42.5 Å². The standard InChI is InChI=1S/C27H22FN3O3S2/c1-16-23(21-10-11-22(36-21)26-29-14-18(15-32)35-26)27(34)31(13-12-17-6-3-2-4-7-17)25(30-16)19-8-5-9-20(28)24(19)33/h2-11,14,32-33H,12-13,15H2,1H3. The minimum atomic E-state index is -0.772. The Kier molecular flexibility index (Phi) is 6.77. The van der Waals surface area contributed by atoms with Crippen molar-refractivity contribution in [2.24, 2.45) is 0 Å². The topological polar surface area (TPSA) is 88.2 Å². The first kappa shape index (κ1) is 24.1. The van der Waals surface area contributed by atoms with Gasteiger partial charge in [-0.1, -0.05) is 36.4 Å². The number of benzene rings is 2. The van der Waals surface area contributed by atoms with Crippen LogP contribution in [0.3, 0.4) is 0 Å². The van der Waals surface area contributed by atoms with E-state index in [0.29, 0.717) is 24.2 Å². The van der Waals surface area contributed by atoms with Crippen molar-refractivity contribution in [2.45, 2.75) is 26.5 Å². The summed E-state index contributed by atoms with van der Waals surface area (Å²) >= 11 is 2.83. The number of aromatic hydroxyl groups is 1. The fourth-order valence-electron chi connectivity index (χ4n) is 4.02. The molecule has 5 rings (SSSR count). The molecular formula is C27H22FN3O3S2. The molecule has 0 spiro atoms. The number of aryl methyl sites for hydroxylation is 2. The first-order valence-corrected chi connectivity index (χ1v) is 12.9. The molecule has 182 valence electrons. The molecule has 0 aliphatic carbocycles. The first-order chi connectivity index (χ1) is 17.5. The van der Waals surface area contributed by atoms with Crippen LogP contribution in [0.1, 0.15) is 16.1 Å². The number of nitrogens with zero attached hydrogens (tertiary/aromatic N) is 3. The molecule has 3 aromatic heterocycles. The molecule has 0 saturated carbocycles. The molecular weight excluding hydrogens is 497 g/mol. The normalized spacial score (nSPS) is 11.2. The second-order valence-electron chi connectivity index (χ2n) is 8.18. The first-order valence-electron chi connectivity index (χ1n) is 11.3. The van der Waals surface area contributed by atoms with Crippen molar-refractivity contribution in [1.82, 2.24) is 14.5 Å². The number of hydrogen-bond donors (Lipinski definition) is 2. The quantitative estimate of drug-likeness (QED) is 0.290. The van der Waals surface area contributed by atoms with Gasteiger partial charge in [0.15, 0.2) is 11.6 Å². The number of thiophene rings is 1. The third-order valence-corrected chi connectivity index (χ3v) is 8.07. The molecule has 0 bridgehead atoms. The molecule has 0 aliphatic heterocycles. The van der Waals surface area contributed by atoms with Crippen LogP contribution in [0.5, 0.6) is 5.75 Å². The highest BCUT2D eigenvalue weighted by Crippen LogP contribution is 2.37. The fourth-order valence-corrected chi connectivity index (χ4v) is 5.95. The Labute approximate surface area is 214 Å². The van der Waals surface area contributed by atoms with Crippen LogP contribution >= 0.6 is 22.7 Å². The summed E-state index contributed by atoms with van der Waals surface area (Å²) in [5.74, 6) is -1.09. The van der Waals surface area contributed by atoms with E-state index in [9.17, 15) is 19.4 Å². The van der Waals surface area contributed by atoms with E-state index in [1.165, 1.54) is 39.4 Å². The van der Waals surface area contributed by atoms with Crippen LogP contribution in [0.2, 0.25) is 0 Å². The Bertz CT molecular complexity index is 1590. The third-order valence-electron chi connectivity index (χ3n) is 5.82. The molecule has 0 saturated heterocycles. The lowest BCUT2D eigenvalue weighted by atomic mass is 10.1. The van der Waals surface area contributed by atoms with Crippen molar-refractivity contribution >= 4 is 22.7 Å². The molecule has 6 nitrogen and oxygen atoms in total. The Balaban J connectivity index is 1.63. The lowest BCUT2D eigenvalue weighted by Gasteiger charge is -2.16. The summed E-state index contributed by atoms with van der Waals surface area (Å²) in [6.07, 6.45) is 2.20. The highest BCUT2D eigenvalue weighted by molar-refractivity contribution is 7.23. The molecule has 9 heteroatoms. The maximum atomic E-state index is 14.2. The van der Waals surface area contributed by atoms with Gasteiger partial charge in [0.1, 0.15) is 10.8 Å². The summed E-state index contributed by atoms with van der Waals surface area (Å²) in [7, 11) is 0. The molecule has 0 fully saturated rings. The number of halogens is 1. The zero-order valence-corrected chi connectivity index (χ0v) is 20.9. The number of aliphatic hydroxyl groups is 1. The van der Waals surface area contributed by atoms with E-state index < -0.39 is 11.6 Å². The minimum Gasteiger partial charge on any atom is -0.504 e. The summed E-state index contributed by atoms with van der Waals surface area (Å²) in [6.45, 7) is 1.98. The van der Waals surface area contributed by atoms with Gasteiger partial charge in [-0.05, 0) is 43.2 Å². The Hall–Kier alpha value is -3.66. The molecule has 0 amide bonds. The van der Waals surface area contributed by atoms with Crippen LogP contribution in [-0.2, 0) is 19.6 Å². The maximum absolute atomic E-state index is 14.2. The number of hydrogen-bond acceptors (Lipinski definition) is 7. The molecule has 36 heavy (non-hydrogen) atoms. The number of para-hydroxylation sites is 1. The van der Waals surface area contributed by atoms with Crippen LogP contribution in [0, 0.1) is 12.7 Å². The molecule has 0 radical (unpaired) electrons. The predicted molar refractivity (Wildman–Crippen MR) is 141 cm³/mol. The van der Waals surface area contributed by atoms with Gasteiger partial charge >= 0.3 is 0 Å². The number of phenols is 1. The molecule has 0 aliphatic rings. The summed E-state index contributed by atoms with van der Waals surface area (Å²) < 4.78 is 15.7. The summed E-state index contributed by atoms with van der Waals surface area (Å²) in [4.78, 5) is 25.4. The van der Waals surface area contributed by atoms with Crippen LogP contribution in [0.15, 0.2) is 71.7 Å². The lowest BCUT2D eigenvalue weighted by molar-refractivity contribution is 0.285. The largest absolute Gasteiger partial charge is 0.504 e. The van der Waals surface area contributed by atoms with Crippen LogP contribution in [0.4, 0.5) is 4.39 Å². The van der Waals surface area contributed by atoms with Crippen LogP contribution < -0.4 is 5.56 Å². The van der Waals surface area contributed by atoms with Crippen molar-refractivity contribution in [3.63, 3.8) is 0 Å². The second kappa shape index (κ2) is 10.1. The molecule has 3 heterocycles. The monoisotopic (exact) mass is 519 g/mol. The van der Waals surface area contributed by atoms with Gasteiger partial charge in [-0.2, -0.15) is 0 Å². The predicted octanol–water partition coefficient (Wildman–Crippen LogP) is 5.65. The van der Waals surface area contributed by atoms with E-state index in [2.05, 4.69) is 4.98 Å². The summed E-state index contributed by atoms with van der Waals surface area (Å²) in [5, 5.41) is 20.6. The number of phenolic OH excluding ortho intramolecular Hbond substituents is 1. The number of thiazole rings is 1. The van der Waals surface area contributed by atoms with Crippen molar-refractivity contribution in [3.8, 4) is 37.5 Å². The van der Waals surface area contributed by atoms with Gasteiger partial charge in [-0.15, -0.1) is 22.7 Å². The number of aromatic nitrogens is 3. The fraction of sp³-hybridized carbons (Fsp3) is 0.148. The summed E-state index contributed by atoms with van der Waals surface area (Å²) in [6, 6.07) is 17.7. The zero-order chi connectivity index (χ0) is 25.2. The Morgan fingerprint density at radius 3 is 2.53 bits per heavy atom. The highest BCUT2D eigenvalue weighted by atomic mass is 32.1. The maximum Gasteiger partial charge on any atom is 0.262 e. The van der Waals surface area contributed by atoms with Gasteiger partial charge < -0.3 is 10.2 Å². The number of aliphatic hydroxyl groups excluding tert-OH is 1. The van der Waals surface area contributed by atoms with E-state index in [4.69, 9.17) is 4.98 Å². The van der Waals surface area contributed by atoms with E-state index in [1.54, 1.807) is 19.2 Å². The Morgan fingerprint density at radius 1 is 1.00 bits per heavy atom. The van der Waals surface area contributed by atoms with Gasteiger partial charge in [0, 0.05) is 17.6 Å². The van der Waals surface area contributed by atoms with E-state index in [-0.39, 0.29) is 23.6 Å². The van der Waals surface area contributed by atoms with Crippen molar-refractivity contribution in [1.29, 1.82) is 0 Å². The minimum absolute atomic E-state index is 0.0700. The van der Waals surface area contributed by atoms with Crippen LogP contribution in [-0.4, -0.2) is 24.7 Å². The van der Waals surface area contributed by atoms with Gasteiger partial charge in [-0.3, -0.25) is 9.36 Å². The highest BCUT2D eigenvalue weighted by Gasteiger charge is 2.21. The smallest absolute Gasteiger partial charge is 0.262 e. The Morgan fingerprint density at radius 2 is 1.78 bits per heavy atom. The van der Waals surface area contributed by atoms with E-state index in [0.717, 1.165) is 25.2 Å². The van der Waals surface area contributed by atoms with Crippen LogP contribution in [0.25, 0.3) is 31.7 Å². The van der Waals surface area contributed by atoms with Gasteiger partial charge in [0.05, 0.1) is 33.2 Å². The molecule has 5 aromatic rings. The van der Waals surface area contributed by atoms with Crippen molar-refractivity contribution in [2.75, 3.05) is 0 Å². The van der Waals surface area contributed by atoms with E-state index >= 15 is 0 Å². The van der Waals surface area contributed by atoms with Crippen molar-refractivity contribution < 1.29 is 14.6 Å². The average Bonchev–Trinajstić information content (AvgIpc) is 3.55. The molecule has 0 unspecified atom stereocenters. The molecule has 0 atom stereocenters. The lowest BCUT2D eigenvalue weighted by Crippen LogP contribution is -2.27. The average molecular weight is 520 g/mol. The third kappa shape index (κ3) is 4.60. The van der Waals surface area contributed by atoms with Gasteiger partial charge in [-0.25, -0.2) is 14.4 Å². The van der Waals surface area contributed by atoms with Crippen molar-refractivity contribution in [3.05, 3.63) is 99.2 Å². The SMILES string of the molecule is Cc1nc(-c2cccc(F)c2O)n(CCc2ccccc2)c(=O)c1-c1ccc(-c2ncc(CO)s2)s1. The second-order valence-corrected chi connectivity index (χ2v) is 10.4. The molecule has 2 aromatic carbocycles. The number of rotatable bonds is 7. The summed E-state index contributed by atoms with van der Waals surface area (Å²) in [5.41, 5.74) is 1.89. The van der Waals surface area contributed by atoms with Gasteiger partial charge in [0.2, 0.25) is 0 Å². The van der Waals surface area contributed by atoms with Gasteiger partial charge in [0.25, 0.3) is 5.56 Å².